The zero-order valence-corrected chi connectivity index (χ0v) is 8.72. The molecule has 0 aliphatic rings. The highest BCUT2D eigenvalue weighted by Crippen LogP contribution is 2.16. The fourth-order valence-electron chi connectivity index (χ4n) is 1.07. The van der Waals surface area contributed by atoms with Gasteiger partial charge in [-0.25, -0.2) is 0 Å². The monoisotopic (exact) mass is 197 g/mol. The maximum absolute atomic E-state index is 11.6. The zero-order chi connectivity index (χ0) is 10.0. The molecule has 2 nitrogen and oxygen atoms in total. The van der Waals surface area contributed by atoms with Crippen molar-refractivity contribution in [3.05, 3.63) is 34.3 Å². The Morgan fingerprint density at radius 1 is 1.38 bits per heavy atom. The molecule has 0 spiro atoms. The number of halogens is 1. The molecule has 0 fully saturated rings. The molecular weight excluding hydrogens is 186 g/mol. The number of aryl methyl sites for hydroxylation is 1. The Kier molecular flexibility index (Phi) is 2.94. The van der Waals surface area contributed by atoms with Crippen molar-refractivity contribution >= 4 is 17.5 Å². The predicted molar refractivity (Wildman–Crippen MR) is 54.2 cm³/mol. The molecule has 13 heavy (non-hydrogen) atoms. The van der Waals surface area contributed by atoms with E-state index in [9.17, 15) is 4.79 Å². The van der Waals surface area contributed by atoms with E-state index in [0.29, 0.717) is 10.6 Å². The molecule has 0 bridgehead atoms. The van der Waals surface area contributed by atoms with Gasteiger partial charge in [-0.05, 0) is 24.6 Å². The third kappa shape index (κ3) is 2.22. The van der Waals surface area contributed by atoms with Crippen LogP contribution in [0.1, 0.15) is 15.9 Å². The van der Waals surface area contributed by atoms with E-state index in [4.69, 9.17) is 11.6 Å². The van der Waals surface area contributed by atoms with Crippen LogP contribution in [0.25, 0.3) is 0 Å². The summed E-state index contributed by atoms with van der Waals surface area (Å²) >= 11 is 5.79. The quantitative estimate of drug-likeness (QED) is 0.677. The van der Waals surface area contributed by atoms with Crippen molar-refractivity contribution in [2.45, 2.75) is 6.92 Å². The van der Waals surface area contributed by atoms with Crippen molar-refractivity contribution < 1.29 is 4.79 Å². The molecule has 0 aliphatic heterocycles. The van der Waals surface area contributed by atoms with Crippen molar-refractivity contribution in [2.24, 2.45) is 0 Å². The molecule has 0 N–H and O–H groups in total. The van der Waals surface area contributed by atoms with Crippen LogP contribution in [-0.4, -0.2) is 24.9 Å². The molecule has 1 rings (SSSR count). The Morgan fingerprint density at radius 3 is 2.54 bits per heavy atom. The van der Waals surface area contributed by atoms with Gasteiger partial charge in [-0.3, -0.25) is 4.79 Å². The molecule has 70 valence electrons. The third-order valence-electron chi connectivity index (χ3n) is 1.84. The SMILES string of the molecule is Cc1ccc(Cl)cc1C(=O)N(C)C. The van der Waals surface area contributed by atoms with Crippen LogP contribution in [0.2, 0.25) is 5.02 Å². The van der Waals surface area contributed by atoms with Gasteiger partial charge in [0.1, 0.15) is 0 Å². The average Bonchev–Trinajstić information content (AvgIpc) is 2.08. The summed E-state index contributed by atoms with van der Waals surface area (Å²) in [6.07, 6.45) is 0. The Morgan fingerprint density at radius 2 is 2.00 bits per heavy atom. The van der Waals surface area contributed by atoms with E-state index in [1.165, 1.54) is 0 Å². The zero-order valence-electron chi connectivity index (χ0n) is 7.97. The van der Waals surface area contributed by atoms with Gasteiger partial charge in [0.15, 0.2) is 0 Å². The van der Waals surface area contributed by atoms with Crippen LogP contribution >= 0.6 is 11.6 Å². The summed E-state index contributed by atoms with van der Waals surface area (Å²) in [6.45, 7) is 1.90. The average molecular weight is 198 g/mol. The lowest BCUT2D eigenvalue weighted by molar-refractivity contribution is 0.0827. The molecule has 1 amide bonds. The minimum absolute atomic E-state index is 0.0139. The summed E-state index contributed by atoms with van der Waals surface area (Å²) in [5, 5.41) is 0.593. The molecule has 0 radical (unpaired) electrons. The highest BCUT2D eigenvalue weighted by atomic mass is 35.5. The molecule has 0 aromatic heterocycles. The fourth-order valence-corrected chi connectivity index (χ4v) is 1.24. The molecule has 1 aromatic carbocycles. The van der Waals surface area contributed by atoms with Gasteiger partial charge in [-0.15, -0.1) is 0 Å². The summed E-state index contributed by atoms with van der Waals surface area (Å²) in [6, 6.07) is 5.32. The number of hydrogen-bond donors (Lipinski definition) is 0. The van der Waals surface area contributed by atoms with E-state index in [2.05, 4.69) is 0 Å². The lowest BCUT2D eigenvalue weighted by atomic mass is 10.1. The molecule has 1 aromatic rings. The molecular formula is C10H12ClNO. The van der Waals surface area contributed by atoms with E-state index in [-0.39, 0.29) is 5.91 Å². The lowest BCUT2D eigenvalue weighted by Crippen LogP contribution is -2.22. The normalized spacial score (nSPS) is 9.85. The Balaban J connectivity index is 3.13. The molecule has 0 saturated heterocycles. The highest BCUT2D eigenvalue weighted by Gasteiger charge is 2.10. The summed E-state index contributed by atoms with van der Waals surface area (Å²) < 4.78 is 0. The number of carbonyl (C=O) groups is 1. The van der Waals surface area contributed by atoms with Crippen molar-refractivity contribution in [1.29, 1.82) is 0 Å². The number of benzene rings is 1. The smallest absolute Gasteiger partial charge is 0.253 e. The summed E-state index contributed by atoms with van der Waals surface area (Å²) in [5.41, 5.74) is 1.61. The summed E-state index contributed by atoms with van der Waals surface area (Å²) in [4.78, 5) is 13.1. The Bertz CT molecular complexity index is 334. The van der Waals surface area contributed by atoms with E-state index in [0.717, 1.165) is 5.56 Å². The van der Waals surface area contributed by atoms with Gasteiger partial charge < -0.3 is 4.90 Å². The van der Waals surface area contributed by atoms with E-state index >= 15 is 0 Å². The second-order valence-corrected chi connectivity index (χ2v) is 3.60. The van der Waals surface area contributed by atoms with Crippen LogP contribution in [0.15, 0.2) is 18.2 Å². The first-order valence-electron chi connectivity index (χ1n) is 4.00. The predicted octanol–water partition coefficient (Wildman–Crippen LogP) is 2.35. The summed E-state index contributed by atoms with van der Waals surface area (Å²) in [7, 11) is 3.45. The number of nitrogens with zero attached hydrogens (tertiary/aromatic N) is 1. The van der Waals surface area contributed by atoms with Crippen LogP contribution in [0.4, 0.5) is 0 Å². The van der Waals surface area contributed by atoms with Gasteiger partial charge in [0.05, 0.1) is 0 Å². The Labute approximate surface area is 83.1 Å². The minimum Gasteiger partial charge on any atom is -0.345 e. The first-order chi connectivity index (χ1) is 6.02. The largest absolute Gasteiger partial charge is 0.345 e. The number of hydrogen-bond acceptors (Lipinski definition) is 1. The van der Waals surface area contributed by atoms with Gasteiger partial charge in [-0.2, -0.15) is 0 Å². The molecule has 3 heteroatoms. The lowest BCUT2D eigenvalue weighted by Gasteiger charge is -2.12. The van der Waals surface area contributed by atoms with Gasteiger partial charge in [0.2, 0.25) is 0 Å². The van der Waals surface area contributed by atoms with Crippen LogP contribution in [0.3, 0.4) is 0 Å². The van der Waals surface area contributed by atoms with Crippen molar-refractivity contribution in [3.63, 3.8) is 0 Å². The van der Waals surface area contributed by atoms with Gasteiger partial charge >= 0.3 is 0 Å². The Hall–Kier alpha value is -1.02. The van der Waals surface area contributed by atoms with Gasteiger partial charge in [0, 0.05) is 24.7 Å². The van der Waals surface area contributed by atoms with Gasteiger partial charge in [-0.1, -0.05) is 17.7 Å². The first-order valence-corrected chi connectivity index (χ1v) is 4.38. The maximum Gasteiger partial charge on any atom is 0.253 e. The topological polar surface area (TPSA) is 20.3 Å². The van der Waals surface area contributed by atoms with Crippen LogP contribution in [0, 0.1) is 6.92 Å². The van der Waals surface area contributed by atoms with Crippen molar-refractivity contribution in [1.82, 2.24) is 4.90 Å². The third-order valence-corrected chi connectivity index (χ3v) is 2.07. The van der Waals surface area contributed by atoms with E-state index < -0.39 is 0 Å². The van der Waals surface area contributed by atoms with Crippen LogP contribution in [-0.2, 0) is 0 Å². The second-order valence-electron chi connectivity index (χ2n) is 3.16. The minimum atomic E-state index is -0.0139. The molecule has 0 atom stereocenters. The molecule has 0 aliphatic carbocycles. The van der Waals surface area contributed by atoms with Crippen LogP contribution in [0.5, 0.6) is 0 Å². The van der Waals surface area contributed by atoms with Crippen molar-refractivity contribution in [2.75, 3.05) is 14.1 Å². The number of rotatable bonds is 1. The van der Waals surface area contributed by atoms with Gasteiger partial charge in [0.25, 0.3) is 5.91 Å². The molecule has 0 unspecified atom stereocenters. The molecule has 0 saturated carbocycles. The summed E-state index contributed by atoms with van der Waals surface area (Å²) in [5.74, 6) is -0.0139. The highest BCUT2D eigenvalue weighted by molar-refractivity contribution is 6.31. The van der Waals surface area contributed by atoms with Crippen molar-refractivity contribution in [3.8, 4) is 0 Å². The maximum atomic E-state index is 11.6. The van der Waals surface area contributed by atoms with E-state index in [1.54, 1.807) is 31.1 Å². The number of amides is 1. The van der Waals surface area contributed by atoms with E-state index in [1.807, 2.05) is 13.0 Å². The first kappa shape index (κ1) is 10.1. The standard InChI is InChI=1S/C10H12ClNO/c1-7-4-5-8(11)6-9(7)10(13)12(2)3/h4-6H,1-3H3. The second kappa shape index (κ2) is 3.79. The number of carbonyl (C=O) groups excluding carboxylic acids is 1. The fraction of sp³-hybridized carbons (Fsp3) is 0.300. The van der Waals surface area contributed by atoms with Crippen LogP contribution < -0.4 is 0 Å². The molecule has 0 heterocycles.